The van der Waals surface area contributed by atoms with Gasteiger partial charge in [-0.3, -0.25) is 4.79 Å². The van der Waals surface area contributed by atoms with Gasteiger partial charge in [-0.1, -0.05) is 0 Å². The molecule has 9 heteroatoms. The van der Waals surface area contributed by atoms with Crippen LogP contribution < -0.4 is 10.2 Å². The van der Waals surface area contributed by atoms with Gasteiger partial charge in [0, 0.05) is 24.2 Å². The van der Waals surface area contributed by atoms with Crippen LogP contribution in [-0.2, 0) is 15.6 Å². The minimum atomic E-state index is -3.69. The number of methoxy groups -OCH3 is 1. The Bertz CT molecular complexity index is 833. The van der Waals surface area contributed by atoms with Gasteiger partial charge in [-0.2, -0.15) is 0 Å². The third-order valence-corrected chi connectivity index (χ3v) is 5.45. The van der Waals surface area contributed by atoms with Crippen molar-refractivity contribution in [1.82, 2.24) is 9.97 Å². The fourth-order valence-electron chi connectivity index (χ4n) is 1.62. The number of hydrogen-bond donors (Lipinski definition) is 1. The van der Waals surface area contributed by atoms with Gasteiger partial charge < -0.3 is 9.72 Å². The minimum absolute atomic E-state index is 0.00884. The van der Waals surface area contributed by atoms with Crippen LogP contribution in [0.15, 0.2) is 43.3 Å². The zero-order valence-electron chi connectivity index (χ0n) is 10.8. The summed E-state index contributed by atoms with van der Waals surface area (Å²) in [7, 11) is -2.26. The van der Waals surface area contributed by atoms with Gasteiger partial charge >= 0.3 is 0 Å². The number of ether oxygens (including phenoxy) is 1. The first kappa shape index (κ1) is 16.2. The molecule has 0 aromatic carbocycles. The third kappa shape index (κ3) is 3.53. The van der Waals surface area contributed by atoms with Crippen LogP contribution in [0, 0.1) is 0 Å². The molecular weight excluding hydrogens is 428 g/mol. The highest BCUT2D eigenvalue weighted by Gasteiger charge is 2.20. The number of sulfone groups is 1. The normalized spacial score (nSPS) is 11.4. The lowest BCUT2D eigenvalue weighted by Gasteiger charge is -2.07. The average Bonchev–Trinajstić information content (AvgIpc) is 2.43. The Hall–Kier alpha value is -1.19. The topological polar surface area (TPSA) is 89.1 Å². The molecule has 112 valence electrons. The van der Waals surface area contributed by atoms with Crippen LogP contribution in [-0.4, -0.2) is 25.5 Å². The van der Waals surface area contributed by atoms with Crippen molar-refractivity contribution < 1.29 is 13.2 Å². The van der Waals surface area contributed by atoms with E-state index in [4.69, 9.17) is 4.74 Å². The Labute approximate surface area is 137 Å². The van der Waals surface area contributed by atoms with Crippen LogP contribution in [0.25, 0.3) is 0 Å². The molecule has 2 rings (SSSR count). The van der Waals surface area contributed by atoms with Crippen molar-refractivity contribution in [2.45, 2.75) is 10.6 Å². The molecule has 0 amide bonds. The SMILES string of the molecule is COc1ncc(S(=O)(=O)Cc2c[nH]cc(Br)c2=O)cc1Br. The number of halogens is 2. The predicted molar refractivity (Wildman–Crippen MR) is 84.1 cm³/mol. The van der Waals surface area contributed by atoms with Crippen molar-refractivity contribution in [2.75, 3.05) is 7.11 Å². The Morgan fingerprint density at radius 2 is 2.00 bits per heavy atom. The molecule has 2 heterocycles. The highest BCUT2D eigenvalue weighted by atomic mass is 79.9. The maximum absolute atomic E-state index is 12.3. The summed E-state index contributed by atoms with van der Waals surface area (Å²) in [6.07, 6.45) is 4.02. The lowest BCUT2D eigenvalue weighted by atomic mass is 10.3. The quantitative estimate of drug-likeness (QED) is 0.792. The number of aromatic amines is 1. The molecule has 0 saturated heterocycles. The second-order valence-electron chi connectivity index (χ2n) is 4.08. The zero-order valence-corrected chi connectivity index (χ0v) is 14.7. The first-order valence-electron chi connectivity index (χ1n) is 5.63. The fraction of sp³-hybridized carbons (Fsp3) is 0.167. The summed E-state index contributed by atoms with van der Waals surface area (Å²) in [4.78, 5) is 18.5. The lowest BCUT2D eigenvalue weighted by molar-refractivity contribution is 0.394. The van der Waals surface area contributed by atoms with Crippen LogP contribution in [0.5, 0.6) is 5.88 Å². The summed E-state index contributed by atoms with van der Waals surface area (Å²) >= 11 is 6.25. The van der Waals surface area contributed by atoms with Crippen molar-refractivity contribution in [1.29, 1.82) is 0 Å². The molecule has 2 aromatic rings. The lowest BCUT2D eigenvalue weighted by Crippen LogP contribution is -2.15. The predicted octanol–water partition coefficient (Wildman–Crippen LogP) is 2.28. The minimum Gasteiger partial charge on any atom is -0.480 e. The summed E-state index contributed by atoms with van der Waals surface area (Å²) in [6, 6.07) is 1.40. The second-order valence-corrected chi connectivity index (χ2v) is 7.78. The average molecular weight is 438 g/mol. The number of nitrogens with zero attached hydrogens (tertiary/aromatic N) is 1. The molecule has 0 saturated carbocycles. The van der Waals surface area contributed by atoms with E-state index in [0.717, 1.165) is 0 Å². The standard InChI is InChI=1S/C12H10Br2N2O4S/c1-20-12-9(13)2-8(4-16-12)21(18,19)6-7-3-15-5-10(14)11(7)17/h2-5H,6H2,1H3,(H,15,17). The first-order chi connectivity index (χ1) is 9.85. The van der Waals surface area contributed by atoms with E-state index in [0.29, 0.717) is 4.47 Å². The van der Waals surface area contributed by atoms with Crippen molar-refractivity contribution in [3.8, 4) is 5.88 Å². The monoisotopic (exact) mass is 436 g/mol. The summed E-state index contributed by atoms with van der Waals surface area (Å²) in [5.74, 6) is -0.128. The molecule has 0 radical (unpaired) electrons. The smallest absolute Gasteiger partial charge is 0.227 e. The van der Waals surface area contributed by atoms with Gasteiger partial charge in [-0.25, -0.2) is 13.4 Å². The fourth-order valence-corrected chi connectivity index (χ4v) is 3.97. The molecule has 0 spiro atoms. The molecule has 1 N–H and O–H groups in total. The molecular formula is C12H10Br2N2O4S. The molecule has 6 nitrogen and oxygen atoms in total. The van der Waals surface area contributed by atoms with Crippen molar-refractivity contribution in [2.24, 2.45) is 0 Å². The van der Waals surface area contributed by atoms with Gasteiger partial charge in [0.25, 0.3) is 0 Å². The van der Waals surface area contributed by atoms with E-state index in [1.165, 1.54) is 31.8 Å². The highest BCUT2D eigenvalue weighted by Crippen LogP contribution is 2.26. The summed E-state index contributed by atoms with van der Waals surface area (Å²) in [6.45, 7) is 0. The van der Waals surface area contributed by atoms with Gasteiger partial charge in [-0.15, -0.1) is 0 Å². The number of rotatable bonds is 4. The number of pyridine rings is 2. The number of hydrogen-bond acceptors (Lipinski definition) is 5. The molecule has 21 heavy (non-hydrogen) atoms. The van der Waals surface area contributed by atoms with E-state index in [2.05, 4.69) is 41.8 Å². The zero-order chi connectivity index (χ0) is 15.6. The van der Waals surface area contributed by atoms with Gasteiger partial charge in [0.1, 0.15) is 0 Å². The van der Waals surface area contributed by atoms with Crippen LogP contribution in [0.2, 0.25) is 0 Å². The Kier molecular flexibility index (Phi) is 4.84. The largest absolute Gasteiger partial charge is 0.480 e. The Balaban J connectivity index is 2.41. The highest BCUT2D eigenvalue weighted by molar-refractivity contribution is 9.10. The van der Waals surface area contributed by atoms with Crippen LogP contribution in [0.4, 0.5) is 0 Å². The van der Waals surface area contributed by atoms with Crippen LogP contribution in [0.1, 0.15) is 5.56 Å². The molecule has 0 aliphatic carbocycles. The number of aromatic nitrogens is 2. The molecule has 0 atom stereocenters. The van der Waals surface area contributed by atoms with E-state index in [9.17, 15) is 13.2 Å². The van der Waals surface area contributed by atoms with E-state index >= 15 is 0 Å². The first-order valence-corrected chi connectivity index (χ1v) is 8.86. The second kappa shape index (κ2) is 6.29. The molecule has 2 aromatic heterocycles. The molecule has 0 aliphatic heterocycles. The van der Waals surface area contributed by atoms with Gasteiger partial charge in [-0.05, 0) is 37.9 Å². The van der Waals surface area contributed by atoms with E-state index < -0.39 is 15.6 Å². The Morgan fingerprint density at radius 3 is 2.62 bits per heavy atom. The van der Waals surface area contributed by atoms with E-state index in [-0.39, 0.29) is 26.2 Å². The maximum atomic E-state index is 12.3. The number of nitrogens with one attached hydrogen (secondary N) is 1. The van der Waals surface area contributed by atoms with Crippen LogP contribution >= 0.6 is 31.9 Å². The molecule has 0 aliphatic rings. The summed E-state index contributed by atoms with van der Waals surface area (Å²) < 4.78 is 30.4. The Morgan fingerprint density at radius 1 is 1.29 bits per heavy atom. The van der Waals surface area contributed by atoms with E-state index in [1.807, 2.05) is 0 Å². The number of H-pyrrole nitrogens is 1. The van der Waals surface area contributed by atoms with Crippen molar-refractivity contribution in [3.63, 3.8) is 0 Å². The van der Waals surface area contributed by atoms with Crippen molar-refractivity contribution in [3.05, 3.63) is 49.4 Å². The summed E-state index contributed by atoms with van der Waals surface area (Å²) in [5, 5.41) is 0. The van der Waals surface area contributed by atoms with E-state index in [1.54, 1.807) is 0 Å². The molecule has 0 bridgehead atoms. The van der Waals surface area contributed by atoms with Gasteiger partial charge in [0.2, 0.25) is 5.88 Å². The third-order valence-electron chi connectivity index (χ3n) is 2.66. The van der Waals surface area contributed by atoms with Gasteiger partial charge in [0.15, 0.2) is 15.3 Å². The van der Waals surface area contributed by atoms with Gasteiger partial charge in [0.05, 0.1) is 26.7 Å². The maximum Gasteiger partial charge on any atom is 0.227 e. The van der Waals surface area contributed by atoms with Crippen molar-refractivity contribution >= 4 is 41.7 Å². The molecule has 0 unspecified atom stereocenters. The van der Waals surface area contributed by atoms with Crippen LogP contribution in [0.3, 0.4) is 0 Å². The molecule has 0 fully saturated rings. The summed E-state index contributed by atoms with van der Waals surface area (Å²) in [5.41, 5.74) is -0.214.